The van der Waals surface area contributed by atoms with Gasteiger partial charge in [0.25, 0.3) is 5.91 Å². The Morgan fingerprint density at radius 1 is 1.16 bits per heavy atom. The lowest BCUT2D eigenvalue weighted by Gasteiger charge is -2.58. The number of ether oxygens (including phenoxy) is 1. The van der Waals surface area contributed by atoms with Crippen molar-refractivity contribution < 1.29 is 24.2 Å². The van der Waals surface area contributed by atoms with Gasteiger partial charge in [-0.2, -0.15) is 0 Å². The van der Waals surface area contributed by atoms with E-state index in [4.69, 9.17) is 4.74 Å². The maximum Gasteiger partial charge on any atom is 0.312 e. The van der Waals surface area contributed by atoms with Crippen LogP contribution in [0.4, 0.5) is 11.4 Å². The lowest BCUT2D eigenvalue weighted by molar-refractivity contribution is -0.199. The Balaban J connectivity index is 1.38. The normalized spacial score (nSPS) is 35.9. The van der Waals surface area contributed by atoms with E-state index in [-0.39, 0.29) is 11.9 Å². The first-order chi connectivity index (χ1) is 14.5. The Morgan fingerprint density at radius 2 is 1.81 bits per heavy atom. The van der Waals surface area contributed by atoms with E-state index >= 15 is 0 Å². The van der Waals surface area contributed by atoms with Crippen LogP contribution in [0.3, 0.4) is 0 Å². The van der Waals surface area contributed by atoms with Crippen LogP contribution < -0.4 is 10.2 Å². The monoisotopic (exact) mass is 426 g/mol. The van der Waals surface area contributed by atoms with Crippen LogP contribution in [-0.2, 0) is 19.1 Å². The Morgan fingerprint density at radius 3 is 2.45 bits per heavy atom. The first kappa shape index (κ1) is 20.5. The molecular weight excluding hydrogens is 396 g/mol. The van der Waals surface area contributed by atoms with Crippen molar-refractivity contribution in [2.75, 3.05) is 10.2 Å². The summed E-state index contributed by atoms with van der Waals surface area (Å²) in [6, 6.07) is 7.12. The highest BCUT2D eigenvalue weighted by atomic mass is 16.5. The van der Waals surface area contributed by atoms with Gasteiger partial charge < -0.3 is 15.2 Å². The average Bonchev–Trinajstić information content (AvgIpc) is 2.66. The van der Waals surface area contributed by atoms with Gasteiger partial charge in [-0.3, -0.25) is 19.3 Å². The second-order valence-electron chi connectivity index (χ2n) is 10.7. The minimum atomic E-state index is -1.12. The van der Waals surface area contributed by atoms with E-state index in [0.29, 0.717) is 29.6 Å². The fourth-order valence-electron chi connectivity index (χ4n) is 6.82. The summed E-state index contributed by atoms with van der Waals surface area (Å²) >= 11 is 0. The molecule has 0 spiro atoms. The van der Waals surface area contributed by atoms with Crippen molar-refractivity contribution in [2.45, 2.75) is 76.5 Å². The van der Waals surface area contributed by atoms with Gasteiger partial charge in [0.15, 0.2) is 6.10 Å². The maximum atomic E-state index is 13.5. The van der Waals surface area contributed by atoms with E-state index in [2.05, 4.69) is 5.32 Å². The highest BCUT2D eigenvalue weighted by Crippen LogP contribution is 2.62. The summed E-state index contributed by atoms with van der Waals surface area (Å²) in [7, 11) is 0. The van der Waals surface area contributed by atoms with Crippen LogP contribution in [0.2, 0.25) is 0 Å². The van der Waals surface area contributed by atoms with Crippen LogP contribution in [0.25, 0.3) is 0 Å². The number of benzene rings is 1. The summed E-state index contributed by atoms with van der Waals surface area (Å²) in [5.74, 6) is -0.401. The number of nitrogens with one attached hydrogen (secondary N) is 1. The van der Waals surface area contributed by atoms with Crippen molar-refractivity contribution in [3.63, 3.8) is 0 Å². The van der Waals surface area contributed by atoms with Crippen LogP contribution in [0.15, 0.2) is 24.3 Å². The summed E-state index contributed by atoms with van der Waals surface area (Å²) in [6.45, 7) is 4.93. The Kier molecular flexibility index (Phi) is 4.33. The fraction of sp³-hybridized carbons (Fsp3) is 0.625. The summed E-state index contributed by atoms with van der Waals surface area (Å²) in [6.07, 6.45) is 3.44. The molecule has 5 aliphatic rings. The number of fused-ring (bicyclic) bond motifs is 1. The second kappa shape index (κ2) is 6.55. The number of carbonyl (C=O) groups excluding carboxylic acids is 3. The Bertz CT molecular complexity index is 956. The Hall–Kier alpha value is -2.41. The first-order valence-corrected chi connectivity index (χ1v) is 11.2. The van der Waals surface area contributed by atoms with E-state index in [1.54, 1.807) is 45.0 Å². The Labute approximate surface area is 182 Å². The van der Waals surface area contributed by atoms with E-state index in [1.807, 2.05) is 0 Å². The molecule has 0 aromatic heterocycles. The third-order valence-corrected chi connectivity index (χ3v) is 7.82. The van der Waals surface area contributed by atoms with Crippen LogP contribution in [-0.4, -0.2) is 40.1 Å². The highest BCUT2D eigenvalue weighted by Gasteiger charge is 2.61. The largest absolute Gasteiger partial charge is 0.452 e. The molecule has 7 nitrogen and oxygen atoms in total. The van der Waals surface area contributed by atoms with Gasteiger partial charge in [0.05, 0.1) is 22.4 Å². The third kappa shape index (κ3) is 3.08. The predicted octanol–water partition coefficient (Wildman–Crippen LogP) is 3.01. The molecule has 2 N–H and O–H groups in total. The molecule has 0 radical (unpaired) electrons. The molecular formula is C24H30N2O5. The van der Waals surface area contributed by atoms with Gasteiger partial charge in [0.1, 0.15) is 5.54 Å². The van der Waals surface area contributed by atoms with E-state index in [9.17, 15) is 19.5 Å². The number of carbonyl (C=O) groups is 3. The molecule has 1 aromatic carbocycles. The van der Waals surface area contributed by atoms with Crippen molar-refractivity contribution in [3.05, 3.63) is 24.3 Å². The standard InChI is InChI=1S/C24H30N2O5/c1-14(19(27)26-18-7-5-4-6-17(18)25-20(28)22(26,2)3)31-21(29)23-9-15-8-16(10-23)12-24(30,11-15)13-23/h4-7,14-16,30H,8-13H2,1-3H3,(H,25,28)/t14-,15-,16+,23?,24?/m1/s1. The molecule has 4 saturated carbocycles. The van der Waals surface area contributed by atoms with Crippen molar-refractivity contribution >= 4 is 29.2 Å². The van der Waals surface area contributed by atoms with Crippen molar-refractivity contribution in [1.29, 1.82) is 0 Å². The molecule has 166 valence electrons. The molecule has 31 heavy (non-hydrogen) atoms. The average molecular weight is 427 g/mol. The quantitative estimate of drug-likeness (QED) is 0.725. The molecule has 7 heteroatoms. The van der Waals surface area contributed by atoms with Gasteiger partial charge in [-0.25, -0.2) is 0 Å². The molecule has 4 bridgehead atoms. The second-order valence-corrected chi connectivity index (χ2v) is 10.7. The summed E-state index contributed by atoms with van der Waals surface area (Å²) < 4.78 is 5.77. The zero-order chi connectivity index (χ0) is 22.2. The van der Waals surface area contributed by atoms with Crippen LogP contribution in [0.5, 0.6) is 0 Å². The van der Waals surface area contributed by atoms with Gasteiger partial charge in [0, 0.05) is 0 Å². The molecule has 2 amide bonds. The van der Waals surface area contributed by atoms with Gasteiger partial charge in [0.2, 0.25) is 5.91 Å². The van der Waals surface area contributed by atoms with E-state index in [0.717, 1.165) is 32.1 Å². The third-order valence-electron chi connectivity index (χ3n) is 7.82. The van der Waals surface area contributed by atoms with Crippen LogP contribution in [0, 0.1) is 17.3 Å². The van der Waals surface area contributed by atoms with Gasteiger partial charge in [-0.05, 0) is 83.3 Å². The number of anilines is 2. The number of para-hydroxylation sites is 2. The number of rotatable bonds is 3. The molecule has 4 fully saturated rings. The van der Waals surface area contributed by atoms with Crippen molar-refractivity contribution in [2.24, 2.45) is 17.3 Å². The van der Waals surface area contributed by atoms with Crippen molar-refractivity contribution in [1.82, 2.24) is 0 Å². The van der Waals surface area contributed by atoms with Crippen LogP contribution in [0.1, 0.15) is 59.3 Å². The molecule has 0 saturated heterocycles. The number of nitrogens with zero attached hydrogens (tertiary/aromatic N) is 1. The summed E-state index contributed by atoms with van der Waals surface area (Å²) in [5.41, 5.74) is -1.45. The van der Waals surface area contributed by atoms with Crippen LogP contribution >= 0.6 is 0 Å². The maximum absolute atomic E-state index is 13.5. The first-order valence-electron chi connectivity index (χ1n) is 11.2. The zero-order valence-electron chi connectivity index (χ0n) is 18.3. The molecule has 5 atom stereocenters. The number of amides is 2. The SMILES string of the molecule is C[C@@H](OC(=O)C12C[C@@H]3C[C@@H](CC(O)(C3)C1)C2)C(=O)N1c2ccccc2NC(=O)C1(C)C. The number of esters is 1. The molecule has 2 unspecified atom stereocenters. The highest BCUT2D eigenvalue weighted by molar-refractivity contribution is 6.15. The van der Waals surface area contributed by atoms with E-state index in [1.165, 1.54) is 4.90 Å². The predicted molar refractivity (Wildman–Crippen MR) is 114 cm³/mol. The summed E-state index contributed by atoms with van der Waals surface area (Å²) in [4.78, 5) is 40.9. The minimum Gasteiger partial charge on any atom is -0.452 e. The van der Waals surface area contributed by atoms with Gasteiger partial charge >= 0.3 is 5.97 Å². The topological polar surface area (TPSA) is 95.9 Å². The van der Waals surface area contributed by atoms with Gasteiger partial charge in [-0.15, -0.1) is 0 Å². The number of aliphatic hydroxyl groups is 1. The van der Waals surface area contributed by atoms with Crippen molar-refractivity contribution in [3.8, 4) is 0 Å². The van der Waals surface area contributed by atoms with E-state index < -0.39 is 28.6 Å². The number of hydrogen-bond donors (Lipinski definition) is 2. The lowest BCUT2D eigenvalue weighted by atomic mass is 9.48. The number of hydrogen-bond acceptors (Lipinski definition) is 5. The fourth-order valence-corrected chi connectivity index (χ4v) is 6.82. The molecule has 1 heterocycles. The minimum absolute atomic E-state index is 0.290. The molecule has 4 aliphatic carbocycles. The molecule has 1 aliphatic heterocycles. The molecule has 6 rings (SSSR count). The van der Waals surface area contributed by atoms with Gasteiger partial charge in [-0.1, -0.05) is 12.1 Å². The smallest absolute Gasteiger partial charge is 0.312 e. The zero-order valence-corrected chi connectivity index (χ0v) is 18.3. The lowest BCUT2D eigenvalue weighted by Crippen LogP contribution is -2.61. The molecule has 1 aromatic rings. The summed E-state index contributed by atoms with van der Waals surface area (Å²) in [5, 5.41) is 13.8.